The summed E-state index contributed by atoms with van der Waals surface area (Å²) in [5.41, 5.74) is 26.2. The van der Waals surface area contributed by atoms with Gasteiger partial charge in [-0.15, -0.1) is 25.7 Å². The third kappa shape index (κ3) is 15.2. The summed E-state index contributed by atoms with van der Waals surface area (Å²) < 4.78 is 63.0. The summed E-state index contributed by atoms with van der Waals surface area (Å²) in [6.45, 7) is -0.454. The van der Waals surface area contributed by atoms with E-state index in [1.165, 1.54) is 0 Å². The Kier molecular flexibility index (Phi) is 23.0. The van der Waals surface area contributed by atoms with E-state index >= 15 is 8.42 Å². The third-order valence-electron chi connectivity index (χ3n) is 8.99. The van der Waals surface area contributed by atoms with Crippen molar-refractivity contribution in [1.29, 1.82) is 0 Å². The Hall–Kier alpha value is -7.67. The van der Waals surface area contributed by atoms with Crippen LogP contribution in [-0.2, 0) is 25.0 Å². The Morgan fingerprint density at radius 1 is 0.529 bits per heavy atom. The van der Waals surface area contributed by atoms with Gasteiger partial charge in [0.2, 0.25) is 23.4 Å². The van der Waals surface area contributed by atoms with Crippen LogP contribution in [-0.4, -0.2) is 36.2 Å². The molecule has 2 aliphatic heterocycles. The fourth-order valence-corrected chi connectivity index (χ4v) is 11.7. The molecule has 342 valence electrons. The zero-order valence-electron chi connectivity index (χ0n) is 36.7. The van der Waals surface area contributed by atoms with Gasteiger partial charge in [0, 0.05) is 59.4 Å². The molecule has 4 aromatic carbocycles. The molecule has 6 rings (SSSR count). The number of sulfone groups is 1. The molecule has 0 bridgehead atoms. The van der Waals surface area contributed by atoms with Gasteiger partial charge in [-0.2, -0.15) is 0 Å². The molecule has 4 aromatic rings. The molecule has 2 heterocycles. The quantitative estimate of drug-likeness (QED) is 0.120. The molecule has 0 spiro atoms. The van der Waals surface area contributed by atoms with Crippen molar-refractivity contribution >= 4 is 55.7 Å². The van der Waals surface area contributed by atoms with Crippen LogP contribution < -0.4 is 50.5 Å². The van der Waals surface area contributed by atoms with E-state index in [4.69, 9.17) is 85.0 Å². The van der Waals surface area contributed by atoms with Gasteiger partial charge in [-0.1, -0.05) is 24.3 Å². The average molecular weight is 1100 g/mol. The zero-order valence-corrected chi connectivity index (χ0v) is 42.8. The number of hydrogen-bond acceptors (Lipinski definition) is 10. The molecule has 70 heavy (non-hydrogen) atoms. The van der Waals surface area contributed by atoms with Gasteiger partial charge in [0.1, 0.15) is 44.8 Å². The van der Waals surface area contributed by atoms with Crippen molar-refractivity contribution in [3.05, 3.63) is 83.9 Å². The van der Waals surface area contributed by atoms with Crippen molar-refractivity contribution in [2.75, 3.05) is 27.8 Å². The molecule has 4 N–H and O–H groups in total. The molecule has 10 nitrogen and oxygen atoms in total. The van der Waals surface area contributed by atoms with Gasteiger partial charge in [0.25, 0.3) is 0 Å². The van der Waals surface area contributed by atoms with Crippen LogP contribution in [0.15, 0.2) is 82.6 Å². The van der Waals surface area contributed by atoms with E-state index in [-0.39, 0.29) is 84.2 Å². The molecule has 0 saturated heterocycles. The number of hydrogen-bond donors (Lipinski definition) is 2. The second kappa shape index (κ2) is 29.3. The number of rotatable bonds is 9. The van der Waals surface area contributed by atoms with Crippen molar-refractivity contribution in [2.24, 2.45) is 11.5 Å². The monoisotopic (exact) mass is 1100 g/mol. The fraction of sp³-hybridized carbons (Fsp3) is 0.111. The maximum atomic E-state index is 15.1. The first-order valence-corrected chi connectivity index (χ1v) is 28.4. The van der Waals surface area contributed by atoms with Gasteiger partial charge < -0.3 is 39.9 Å². The molecular weight excluding hydrogens is 1070 g/mol. The van der Waals surface area contributed by atoms with Crippen molar-refractivity contribution < 1.29 is 52.0 Å². The first-order chi connectivity index (χ1) is 34.0. The van der Waals surface area contributed by atoms with Crippen molar-refractivity contribution in [2.45, 2.75) is 21.9 Å². The fourth-order valence-electron chi connectivity index (χ4n) is 5.97. The van der Waals surface area contributed by atoms with Gasteiger partial charge in [0.05, 0.1) is 14.2 Å². The SMILES string of the molecule is C#CC#CC#C[PH+](C#CC#CC#C)c1ccc2c(c1S(=O)(=O)c1c([PH+](C#CC#CC#C)C#CC#CC#C)ccc3c1OCO3)OCO2.COc1ccc(C(N)C(N)c2ccc(OC)cc2)cc1.[Cl][Ru+2][Cl]. The van der Waals surface area contributed by atoms with Gasteiger partial charge in [-0.05, 0) is 107 Å². The van der Waals surface area contributed by atoms with Gasteiger partial charge in [-0.3, -0.25) is 0 Å². The average Bonchev–Trinajstić information content (AvgIpc) is 4.08. The Balaban J connectivity index is 0.000000383. The Labute approximate surface area is 427 Å². The summed E-state index contributed by atoms with van der Waals surface area (Å²) in [6.07, 6.45) is 20.9. The van der Waals surface area contributed by atoms with Gasteiger partial charge in [-0.25, -0.2) is 8.42 Å². The van der Waals surface area contributed by atoms with Crippen LogP contribution in [0, 0.1) is 143 Å². The number of nitrogens with two attached hydrogens (primary N) is 2. The standard InChI is InChI=1S/C38H12O6P2S.C16H20N2O2.2ClH.Ru/c1-5-9-13-17-25-45(26-18-14-10-6-2)33-23-21-31-35(43-29-41-31)37(33)47(39,40)38-34(24-22-32-36(38)44-30-42-32)46(27-19-15-11-7-3)28-20-16-12-8-4;1-19-13-7-3-11(4-8-13)15(17)16(18)12-5-9-14(20-2)10-6-12;;;/h1-4,21-24H,29-30H2;3-10,15-16H,17-18H2,1-2H3;2*1H;/q;;;;+4. The Bertz CT molecular complexity index is 3110. The normalized spacial score (nSPS) is 11.0. The summed E-state index contributed by atoms with van der Waals surface area (Å²) in [7, 11) is 3.63. The summed E-state index contributed by atoms with van der Waals surface area (Å²) in [4.78, 5) is -0.488. The van der Waals surface area contributed by atoms with E-state index in [1.54, 1.807) is 38.5 Å². The number of ether oxygens (including phenoxy) is 6. The first-order valence-electron chi connectivity index (χ1n) is 19.4. The number of terminal acetylenes is 4. The molecule has 0 aromatic heterocycles. The molecule has 0 saturated carbocycles. The second-order valence-corrected chi connectivity index (χ2v) is 20.9. The zero-order chi connectivity index (χ0) is 50.7. The van der Waals surface area contributed by atoms with Crippen molar-refractivity contribution in [3.8, 4) is 178 Å². The van der Waals surface area contributed by atoms with Gasteiger partial charge in [0.15, 0.2) is 48.6 Å². The molecule has 2 atom stereocenters. The van der Waals surface area contributed by atoms with Crippen molar-refractivity contribution in [1.82, 2.24) is 0 Å². The molecule has 0 aliphatic carbocycles. The predicted octanol–water partition coefficient (Wildman–Crippen LogP) is 5.83. The molecular formula is C54H34Cl2N2O8P2RuS+4. The molecule has 0 radical (unpaired) electrons. The van der Waals surface area contributed by atoms with E-state index in [0.717, 1.165) is 22.6 Å². The van der Waals surface area contributed by atoms with Crippen LogP contribution in [0.4, 0.5) is 0 Å². The predicted molar refractivity (Wildman–Crippen MR) is 276 cm³/mol. The van der Waals surface area contributed by atoms with Crippen LogP contribution in [0.3, 0.4) is 0 Å². The maximum absolute atomic E-state index is 15.1. The van der Waals surface area contributed by atoms with Crippen LogP contribution in [0.1, 0.15) is 23.2 Å². The van der Waals surface area contributed by atoms with Gasteiger partial charge >= 0.3 is 34.5 Å². The van der Waals surface area contributed by atoms with Crippen LogP contribution >= 0.6 is 35.2 Å². The molecule has 2 aliphatic rings. The van der Waals surface area contributed by atoms with E-state index in [2.05, 4.69) is 117 Å². The second-order valence-electron chi connectivity index (χ2n) is 12.8. The number of halogens is 2. The third-order valence-corrected chi connectivity index (χ3v) is 14.6. The molecule has 2 unspecified atom stereocenters. The van der Waals surface area contributed by atoms with E-state index < -0.39 is 25.7 Å². The van der Waals surface area contributed by atoms with E-state index in [1.807, 2.05) is 48.5 Å². The topological polar surface area (TPSA) is 142 Å². The first kappa shape index (κ1) is 54.9. The van der Waals surface area contributed by atoms with Crippen molar-refractivity contribution in [3.63, 3.8) is 0 Å². The summed E-state index contributed by atoms with van der Waals surface area (Å²) in [5, 5.41) is 0.467. The number of fused-ring (bicyclic) bond motifs is 2. The summed E-state index contributed by atoms with van der Waals surface area (Å²) >= 11 is -0.346. The van der Waals surface area contributed by atoms with E-state index in [0.29, 0.717) is 0 Å². The Morgan fingerprint density at radius 3 is 1.13 bits per heavy atom. The minimum absolute atomic E-state index is 0.0359. The molecule has 16 heteroatoms. The summed E-state index contributed by atoms with van der Waals surface area (Å²) in [6, 6.07) is 21.0. The minimum atomic E-state index is -4.59. The van der Waals surface area contributed by atoms with E-state index in [9.17, 15) is 0 Å². The number of methoxy groups -OCH3 is 2. The van der Waals surface area contributed by atoms with Crippen LogP contribution in [0.2, 0.25) is 0 Å². The molecule has 0 amide bonds. The molecule has 0 fully saturated rings. The van der Waals surface area contributed by atoms with Crippen LogP contribution in [0.25, 0.3) is 0 Å². The van der Waals surface area contributed by atoms with Crippen LogP contribution in [0.5, 0.6) is 34.5 Å². The summed E-state index contributed by atoms with van der Waals surface area (Å²) in [5.74, 6) is 40.9. The number of benzene rings is 4. The Morgan fingerprint density at radius 2 is 0.843 bits per heavy atom.